The molecular weight excluding hydrogens is 200 g/mol. The van der Waals surface area contributed by atoms with Gasteiger partial charge in [-0.2, -0.15) is 0 Å². The minimum Gasteiger partial charge on any atom is -0.506 e. The van der Waals surface area contributed by atoms with Crippen LogP contribution in [0.2, 0.25) is 5.02 Å². The molecule has 2 nitrogen and oxygen atoms in total. The van der Waals surface area contributed by atoms with E-state index >= 15 is 0 Å². The number of aldehydes is 1. The molecule has 0 aliphatic heterocycles. The van der Waals surface area contributed by atoms with Gasteiger partial charge in [-0.15, -0.1) is 0 Å². The van der Waals surface area contributed by atoms with Gasteiger partial charge in [0.15, 0.2) is 0 Å². The van der Waals surface area contributed by atoms with E-state index in [2.05, 4.69) is 0 Å². The lowest BCUT2D eigenvalue weighted by molar-refractivity contribution is 0.112. The molecule has 0 aliphatic carbocycles. The van der Waals surface area contributed by atoms with Crippen molar-refractivity contribution >= 4 is 28.7 Å². The van der Waals surface area contributed by atoms with Crippen molar-refractivity contribution in [3.8, 4) is 5.75 Å². The van der Waals surface area contributed by atoms with Gasteiger partial charge < -0.3 is 5.11 Å². The first-order valence-corrected chi connectivity index (χ1v) is 4.46. The number of fused-ring (bicyclic) bond motifs is 1. The van der Waals surface area contributed by atoms with Crippen molar-refractivity contribution in [2.75, 3.05) is 0 Å². The Bertz CT molecular complexity index is 506. The molecule has 3 heteroatoms. The summed E-state index contributed by atoms with van der Waals surface area (Å²) in [6.07, 6.45) is 0.778. The fourth-order valence-electron chi connectivity index (χ4n) is 1.35. The summed E-state index contributed by atoms with van der Waals surface area (Å²) in [5.41, 5.74) is 0.597. The molecule has 0 bridgehead atoms. The van der Waals surface area contributed by atoms with E-state index in [9.17, 15) is 9.90 Å². The maximum atomic E-state index is 10.5. The van der Waals surface area contributed by atoms with E-state index in [1.807, 2.05) is 0 Å². The van der Waals surface area contributed by atoms with Crippen LogP contribution >= 0.6 is 11.6 Å². The predicted molar refractivity (Wildman–Crippen MR) is 56.0 cm³/mol. The average molecular weight is 207 g/mol. The summed E-state index contributed by atoms with van der Waals surface area (Å²) >= 11 is 5.74. The molecule has 0 aromatic heterocycles. The third kappa shape index (κ3) is 1.44. The van der Waals surface area contributed by atoms with Crippen LogP contribution in [0.15, 0.2) is 30.3 Å². The van der Waals surface area contributed by atoms with Crippen LogP contribution in [0.25, 0.3) is 10.8 Å². The van der Waals surface area contributed by atoms with Crippen molar-refractivity contribution < 1.29 is 9.90 Å². The summed E-state index contributed by atoms with van der Waals surface area (Å²) in [5.74, 6) is 0.0537. The zero-order valence-corrected chi connectivity index (χ0v) is 7.95. The van der Waals surface area contributed by atoms with Crippen LogP contribution in [-0.4, -0.2) is 11.4 Å². The fraction of sp³-hybridized carbons (Fsp3) is 0. The molecule has 70 valence electrons. The second-order valence-electron chi connectivity index (χ2n) is 3.03. The maximum Gasteiger partial charge on any atom is 0.150 e. The molecule has 0 saturated heterocycles. The predicted octanol–water partition coefficient (Wildman–Crippen LogP) is 3.01. The lowest BCUT2D eigenvalue weighted by atomic mass is 10.1. The zero-order valence-electron chi connectivity index (χ0n) is 7.20. The second kappa shape index (κ2) is 3.31. The van der Waals surface area contributed by atoms with Crippen molar-refractivity contribution in [2.45, 2.75) is 0 Å². The van der Waals surface area contributed by atoms with Gasteiger partial charge >= 0.3 is 0 Å². The van der Waals surface area contributed by atoms with Gasteiger partial charge in [0, 0.05) is 5.56 Å². The van der Waals surface area contributed by atoms with Gasteiger partial charge in [-0.05, 0) is 29.0 Å². The first-order valence-electron chi connectivity index (χ1n) is 4.08. The fourth-order valence-corrected chi connectivity index (χ4v) is 1.52. The molecule has 0 amide bonds. The van der Waals surface area contributed by atoms with Crippen LogP contribution in [0.3, 0.4) is 0 Å². The Morgan fingerprint density at radius 1 is 1.14 bits per heavy atom. The number of aromatic hydroxyl groups is 1. The SMILES string of the molecule is O=Cc1ccc2cc(O)c(Cl)cc2c1. The molecule has 14 heavy (non-hydrogen) atoms. The Balaban J connectivity index is 2.76. The highest BCUT2D eigenvalue weighted by Gasteiger charge is 2.01. The highest BCUT2D eigenvalue weighted by atomic mass is 35.5. The summed E-state index contributed by atoms with van der Waals surface area (Å²) in [4.78, 5) is 10.5. The second-order valence-corrected chi connectivity index (χ2v) is 3.44. The summed E-state index contributed by atoms with van der Waals surface area (Å²) in [7, 11) is 0. The number of phenols is 1. The Morgan fingerprint density at radius 3 is 2.64 bits per heavy atom. The molecule has 2 rings (SSSR count). The molecular formula is C11H7ClO2. The number of phenolic OH excluding ortho intramolecular Hbond substituents is 1. The molecule has 0 heterocycles. The minimum absolute atomic E-state index is 0.0537. The summed E-state index contributed by atoms with van der Waals surface area (Å²) < 4.78 is 0. The normalized spacial score (nSPS) is 10.4. The van der Waals surface area contributed by atoms with E-state index in [1.165, 1.54) is 0 Å². The number of benzene rings is 2. The maximum absolute atomic E-state index is 10.5. The Labute approximate surface area is 85.7 Å². The number of hydrogen-bond donors (Lipinski definition) is 1. The number of rotatable bonds is 1. The molecule has 0 aliphatic rings. The van der Waals surface area contributed by atoms with Gasteiger partial charge in [-0.25, -0.2) is 0 Å². The number of halogens is 1. The lowest BCUT2D eigenvalue weighted by Gasteiger charge is -2.01. The van der Waals surface area contributed by atoms with Crippen LogP contribution in [0.5, 0.6) is 5.75 Å². The van der Waals surface area contributed by atoms with Crippen LogP contribution in [0.4, 0.5) is 0 Å². The summed E-state index contributed by atoms with van der Waals surface area (Å²) in [6.45, 7) is 0. The van der Waals surface area contributed by atoms with E-state index in [0.29, 0.717) is 10.6 Å². The van der Waals surface area contributed by atoms with Gasteiger partial charge in [0.1, 0.15) is 12.0 Å². The van der Waals surface area contributed by atoms with Crippen LogP contribution in [0.1, 0.15) is 10.4 Å². The average Bonchev–Trinajstić information content (AvgIpc) is 2.19. The molecule has 1 N–H and O–H groups in total. The van der Waals surface area contributed by atoms with Crippen molar-refractivity contribution in [1.82, 2.24) is 0 Å². The van der Waals surface area contributed by atoms with E-state index < -0.39 is 0 Å². The summed E-state index contributed by atoms with van der Waals surface area (Å²) in [6, 6.07) is 8.41. The Kier molecular flexibility index (Phi) is 2.14. The van der Waals surface area contributed by atoms with Gasteiger partial charge in [-0.3, -0.25) is 4.79 Å². The van der Waals surface area contributed by atoms with E-state index in [-0.39, 0.29) is 5.75 Å². The van der Waals surface area contributed by atoms with E-state index in [4.69, 9.17) is 11.6 Å². The first kappa shape index (κ1) is 9.03. The molecule has 2 aromatic rings. The first-order chi connectivity index (χ1) is 6.70. The van der Waals surface area contributed by atoms with Crippen molar-refractivity contribution in [1.29, 1.82) is 0 Å². The van der Waals surface area contributed by atoms with Gasteiger partial charge in [0.25, 0.3) is 0 Å². The highest BCUT2D eigenvalue weighted by Crippen LogP contribution is 2.29. The van der Waals surface area contributed by atoms with Crippen LogP contribution in [0, 0.1) is 0 Å². The number of carbonyl (C=O) groups is 1. The van der Waals surface area contributed by atoms with Crippen molar-refractivity contribution in [3.63, 3.8) is 0 Å². The third-order valence-electron chi connectivity index (χ3n) is 2.07. The van der Waals surface area contributed by atoms with Crippen LogP contribution in [-0.2, 0) is 0 Å². The molecule has 0 fully saturated rings. The molecule has 0 unspecified atom stereocenters. The number of hydrogen-bond acceptors (Lipinski definition) is 2. The van der Waals surface area contributed by atoms with Gasteiger partial charge in [0.05, 0.1) is 5.02 Å². The van der Waals surface area contributed by atoms with E-state index in [0.717, 1.165) is 17.1 Å². The van der Waals surface area contributed by atoms with Crippen molar-refractivity contribution in [3.05, 3.63) is 40.9 Å². The molecule has 0 spiro atoms. The monoisotopic (exact) mass is 206 g/mol. The highest BCUT2D eigenvalue weighted by molar-refractivity contribution is 6.32. The van der Waals surface area contributed by atoms with Gasteiger partial charge in [0.2, 0.25) is 0 Å². The Hall–Kier alpha value is -1.54. The van der Waals surface area contributed by atoms with Crippen LogP contribution < -0.4 is 0 Å². The number of carbonyl (C=O) groups excluding carboxylic acids is 1. The minimum atomic E-state index is 0.0537. The zero-order chi connectivity index (χ0) is 10.1. The Morgan fingerprint density at radius 2 is 1.93 bits per heavy atom. The van der Waals surface area contributed by atoms with Crippen molar-refractivity contribution in [2.24, 2.45) is 0 Å². The molecule has 2 aromatic carbocycles. The topological polar surface area (TPSA) is 37.3 Å². The smallest absolute Gasteiger partial charge is 0.150 e. The standard InChI is InChI=1S/C11H7ClO2/c12-10-4-9-3-7(6-13)1-2-8(9)5-11(10)14/h1-6,14H. The molecule has 0 radical (unpaired) electrons. The van der Waals surface area contributed by atoms with E-state index in [1.54, 1.807) is 30.3 Å². The molecule has 0 atom stereocenters. The quantitative estimate of drug-likeness (QED) is 0.729. The van der Waals surface area contributed by atoms with Gasteiger partial charge in [-0.1, -0.05) is 23.7 Å². The lowest BCUT2D eigenvalue weighted by Crippen LogP contribution is -1.80. The summed E-state index contributed by atoms with van der Waals surface area (Å²) in [5, 5.41) is 11.3. The largest absolute Gasteiger partial charge is 0.506 e. The molecule has 0 saturated carbocycles. The third-order valence-corrected chi connectivity index (χ3v) is 2.37.